The van der Waals surface area contributed by atoms with Gasteiger partial charge in [0.05, 0.1) is 17.7 Å². The van der Waals surface area contributed by atoms with Gasteiger partial charge in [-0.2, -0.15) is 0 Å². The van der Waals surface area contributed by atoms with Crippen LogP contribution >= 0.6 is 0 Å². The molecule has 0 spiro atoms. The van der Waals surface area contributed by atoms with Crippen molar-refractivity contribution in [3.05, 3.63) is 51.8 Å². The van der Waals surface area contributed by atoms with E-state index in [1.165, 1.54) is 13.2 Å². The number of aromatic nitrogens is 1. The first-order chi connectivity index (χ1) is 9.95. The van der Waals surface area contributed by atoms with Crippen LogP contribution < -0.4 is 5.32 Å². The minimum atomic E-state index is -0.508. The Bertz CT molecular complexity index is 706. The molecular weight excluding hydrogens is 274 g/mol. The molecule has 21 heavy (non-hydrogen) atoms. The Labute approximate surface area is 121 Å². The van der Waals surface area contributed by atoms with Crippen LogP contribution in [-0.2, 0) is 11.8 Å². The van der Waals surface area contributed by atoms with Gasteiger partial charge in [-0.25, -0.2) is 4.79 Å². The number of benzene rings is 1. The van der Waals surface area contributed by atoms with Gasteiger partial charge in [0.15, 0.2) is 5.69 Å². The second kappa shape index (κ2) is 5.66. The van der Waals surface area contributed by atoms with Crippen LogP contribution in [0.1, 0.15) is 16.1 Å². The number of carbonyl (C=O) groups excluding carboxylic acids is 1. The van der Waals surface area contributed by atoms with Gasteiger partial charge < -0.3 is 14.6 Å². The van der Waals surface area contributed by atoms with Crippen molar-refractivity contribution in [2.24, 2.45) is 7.05 Å². The maximum Gasteiger partial charge on any atom is 0.356 e. The quantitative estimate of drug-likeness (QED) is 0.531. The van der Waals surface area contributed by atoms with Gasteiger partial charge in [-0.1, -0.05) is 12.1 Å². The summed E-state index contributed by atoms with van der Waals surface area (Å²) in [5.41, 5.74) is 1.86. The highest BCUT2D eigenvalue weighted by atomic mass is 16.6. The molecule has 0 unspecified atom stereocenters. The van der Waals surface area contributed by atoms with Crippen molar-refractivity contribution in [3.63, 3.8) is 0 Å². The lowest BCUT2D eigenvalue weighted by Gasteiger charge is -2.09. The molecule has 0 atom stereocenters. The van der Waals surface area contributed by atoms with Crippen LogP contribution in [-0.4, -0.2) is 22.6 Å². The number of nitro benzene ring substituents is 1. The number of methoxy groups -OCH3 is 1. The first kappa shape index (κ1) is 14.6. The fourth-order valence-corrected chi connectivity index (χ4v) is 2.16. The molecule has 1 aromatic heterocycles. The number of ether oxygens (including phenoxy) is 1. The predicted octanol–water partition coefficient (Wildman–Crippen LogP) is 2.77. The summed E-state index contributed by atoms with van der Waals surface area (Å²) in [6.07, 6.45) is 1.75. The number of para-hydroxylation sites is 2. The molecule has 1 heterocycles. The van der Waals surface area contributed by atoms with E-state index < -0.39 is 10.9 Å². The van der Waals surface area contributed by atoms with E-state index >= 15 is 0 Å². The Morgan fingerprint density at radius 3 is 2.67 bits per heavy atom. The average molecular weight is 289 g/mol. The molecular formula is C14H15N3O4. The molecule has 0 aliphatic heterocycles. The van der Waals surface area contributed by atoms with E-state index in [0.717, 1.165) is 5.56 Å². The number of rotatable bonds is 4. The first-order valence-corrected chi connectivity index (χ1v) is 6.20. The molecule has 2 aromatic rings. The molecule has 7 nitrogen and oxygen atoms in total. The molecule has 0 bridgehead atoms. The molecule has 0 saturated carbocycles. The third kappa shape index (κ3) is 2.71. The minimum absolute atomic E-state index is 0.0587. The zero-order chi connectivity index (χ0) is 15.6. The van der Waals surface area contributed by atoms with E-state index in [1.807, 2.05) is 6.92 Å². The summed E-state index contributed by atoms with van der Waals surface area (Å²) in [4.78, 5) is 22.4. The van der Waals surface area contributed by atoms with Crippen LogP contribution in [0.3, 0.4) is 0 Å². The standard InChI is InChI=1S/C14H15N3O4/c1-9-8-16(2)13(14(18)21-3)12(9)15-10-6-4-5-7-11(10)17(19)20/h4-8,15H,1-3H3. The number of nitro groups is 1. The summed E-state index contributed by atoms with van der Waals surface area (Å²) in [6, 6.07) is 6.26. The highest BCUT2D eigenvalue weighted by Gasteiger charge is 2.21. The minimum Gasteiger partial charge on any atom is -0.464 e. The van der Waals surface area contributed by atoms with Gasteiger partial charge in [0.2, 0.25) is 0 Å². The predicted molar refractivity (Wildman–Crippen MR) is 77.9 cm³/mol. The Kier molecular flexibility index (Phi) is 3.93. The molecule has 0 saturated heterocycles. The van der Waals surface area contributed by atoms with Gasteiger partial charge in [0, 0.05) is 19.3 Å². The summed E-state index contributed by atoms with van der Waals surface area (Å²) in [5.74, 6) is -0.508. The number of carbonyl (C=O) groups is 1. The zero-order valence-electron chi connectivity index (χ0n) is 11.9. The third-order valence-electron chi connectivity index (χ3n) is 3.11. The Hall–Kier alpha value is -2.83. The van der Waals surface area contributed by atoms with Crippen molar-refractivity contribution in [1.29, 1.82) is 0 Å². The van der Waals surface area contributed by atoms with Crippen molar-refractivity contribution in [1.82, 2.24) is 4.57 Å². The van der Waals surface area contributed by atoms with Gasteiger partial charge in [0.25, 0.3) is 5.69 Å². The van der Waals surface area contributed by atoms with Crippen LogP contribution in [0.5, 0.6) is 0 Å². The summed E-state index contributed by atoms with van der Waals surface area (Å²) in [5, 5.41) is 14.0. The summed E-state index contributed by atoms with van der Waals surface area (Å²) >= 11 is 0. The summed E-state index contributed by atoms with van der Waals surface area (Å²) in [6.45, 7) is 1.81. The van der Waals surface area contributed by atoms with Crippen molar-refractivity contribution in [2.45, 2.75) is 6.92 Å². The number of hydrogen-bond donors (Lipinski definition) is 1. The maximum atomic E-state index is 11.9. The van der Waals surface area contributed by atoms with Gasteiger partial charge in [0.1, 0.15) is 5.69 Å². The van der Waals surface area contributed by atoms with E-state index in [0.29, 0.717) is 17.1 Å². The van der Waals surface area contributed by atoms with E-state index in [9.17, 15) is 14.9 Å². The lowest BCUT2D eigenvalue weighted by atomic mass is 10.2. The second-order valence-electron chi connectivity index (χ2n) is 4.54. The topological polar surface area (TPSA) is 86.4 Å². The lowest BCUT2D eigenvalue weighted by Crippen LogP contribution is -2.10. The van der Waals surface area contributed by atoms with Gasteiger partial charge >= 0.3 is 5.97 Å². The monoisotopic (exact) mass is 289 g/mol. The molecule has 1 aromatic carbocycles. The van der Waals surface area contributed by atoms with Crippen molar-refractivity contribution in [2.75, 3.05) is 12.4 Å². The summed E-state index contributed by atoms with van der Waals surface area (Å²) < 4.78 is 6.38. The zero-order valence-corrected chi connectivity index (χ0v) is 11.9. The van der Waals surface area contributed by atoms with Crippen LogP contribution in [0.15, 0.2) is 30.5 Å². The van der Waals surface area contributed by atoms with Crippen LogP contribution in [0.25, 0.3) is 0 Å². The number of anilines is 2. The SMILES string of the molecule is COC(=O)c1c(Nc2ccccc2[N+](=O)[O-])c(C)cn1C. The van der Waals surface area contributed by atoms with Gasteiger partial charge in [-0.3, -0.25) is 10.1 Å². The van der Waals surface area contributed by atoms with Gasteiger partial charge in [-0.15, -0.1) is 0 Å². The number of nitrogens with zero attached hydrogens (tertiary/aromatic N) is 2. The molecule has 0 aliphatic rings. The summed E-state index contributed by atoms with van der Waals surface area (Å²) in [7, 11) is 3.00. The van der Waals surface area contributed by atoms with Crippen LogP contribution in [0, 0.1) is 17.0 Å². The molecule has 1 N–H and O–H groups in total. The highest BCUT2D eigenvalue weighted by Crippen LogP contribution is 2.31. The molecule has 0 amide bonds. The number of nitrogens with one attached hydrogen (secondary N) is 1. The second-order valence-corrected chi connectivity index (χ2v) is 4.54. The Morgan fingerprint density at radius 2 is 2.05 bits per heavy atom. The number of aryl methyl sites for hydroxylation is 2. The third-order valence-corrected chi connectivity index (χ3v) is 3.11. The van der Waals surface area contributed by atoms with E-state index in [-0.39, 0.29) is 5.69 Å². The normalized spacial score (nSPS) is 10.2. The number of esters is 1. The Balaban J connectivity index is 2.50. The van der Waals surface area contributed by atoms with Crippen LogP contribution in [0.4, 0.5) is 17.1 Å². The lowest BCUT2D eigenvalue weighted by molar-refractivity contribution is -0.383. The van der Waals surface area contributed by atoms with Crippen molar-refractivity contribution in [3.8, 4) is 0 Å². The van der Waals surface area contributed by atoms with Crippen LogP contribution in [0.2, 0.25) is 0 Å². The molecule has 2 rings (SSSR count). The fraction of sp³-hybridized carbons (Fsp3) is 0.214. The molecule has 0 fully saturated rings. The van der Waals surface area contributed by atoms with E-state index in [4.69, 9.17) is 4.74 Å². The smallest absolute Gasteiger partial charge is 0.356 e. The van der Waals surface area contributed by atoms with E-state index in [2.05, 4.69) is 5.32 Å². The Morgan fingerprint density at radius 1 is 1.38 bits per heavy atom. The largest absolute Gasteiger partial charge is 0.464 e. The average Bonchev–Trinajstić information content (AvgIpc) is 2.73. The molecule has 7 heteroatoms. The van der Waals surface area contributed by atoms with Crippen molar-refractivity contribution >= 4 is 23.0 Å². The van der Waals surface area contributed by atoms with Crippen molar-refractivity contribution < 1.29 is 14.5 Å². The molecule has 110 valence electrons. The molecule has 0 radical (unpaired) electrons. The van der Waals surface area contributed by atoms with Gasteiger partial charge in [-0.05, 0) is 18.6 Å². The number of hydrogen-bond acceptors (Lipinski definition) is 5. The highest BCUT2D eigenvalue weighted by molar-refractivity contribution is 5.96. The van der Waals surface area contributed by atoms with E-state index in [1.54, 1.807) is 36.0 Å². The fourth-order valence-electron chi connectivity index (χ4n) is 2.16. The molecule has 0 aliphatic carbocycles. The first-order valence-electron chi connectivity index (χ1n) is 6.20. The maximum absolute atomic E-state index is 11.9.